The molecule has 2 atom stereocenters. The minimum absolute atomic E-state index is 0.220. The van der Waals surface area contributed by atoms with Crippen LogP contribution in [0.2, 0.25) is 0 Å². The molecule has 1 amide bonds. The molecular formula is C20H22N2O. The number of carbonyl (C=O) groups excluding carboxylic acids is 1. The van der Waals surface area contributed by atoms with Gasteiger partial charge in [0.25, 0.3) is 5.91 Å². The molecule has 2 unspecified atom stereocenters. The molecule has 1 aromatic carbocycles. The van der Waals surface area contributed by atoms with Crippen molar-refractivity contribution in [2.75, 3.05) is 19.6 Å². The molecule has 1 aromatic rings. The fraction of sp³-hybridized carbons (Fsp3) is 0.350. The van der Waals surface area contributed by atoms with Crippen LogP contribution in [0.5, 0.6) is 0 Å². The van der Waals surface area contributed by atoms with Gasteiger partial charge in [0.1, 0.15) is 0 Å². The molecule has 4 rings (SSSR count). The molecule has 0 bridgehead atoms. The SMILES string of the molecule is O=C1C(CNCCc2ccccc2)=CC2=CC=CC3CCN1C23. The molecule has 1 aliphatic carbocycles. The molecule has 1 N–H and O–H groups in total. The molecule has 0 radical (unpaired) electrons. The second-order valence-electron chi connectivity index (χ2n) is 6.53. The van der Waals surface area contributed by atoms with Crippen molar-refractivity contribution < 1.29 is 4.79 Å². The molecule has 0 saturated carbocycles. The lowest BCUT2D eigenvalue weighted by atomic mass is 9.86. The monoisotopic (exact) mass is 306 g/mol. The predicted octanol–water partition coefficient (Wildman–Crippen LogP) is 2.47. The molecule has 3 heteroatoms. The standard InChI is InChI=1S/C20H22N2O/c23-20-18(14-21-11-9-15-5-2-1-3-6-15)13-17-8-4-7-16-10-12-22(20)19(16)17/h1-8,13,16,19,21H,9-12,14H2. The van der Waals surface area contributed by atoms with E-state index in [-0.39, 0.29) is 5.91 Å². The Hall–Kier alpha value is -2.13. The highest BCUT2D eigenvalue weighted by Gasteiger charge is 2.41. The quantitative estimate of drug-likeness (QED) is 0.848. The summed E-state index contributed by atoms with van der Waals surface area (Å²) < 4.78 is 0. The Kier molecular flexibility index (Phi) is 3.88. The van der Waals surface area contributed by atoms with Gasteiger partial charge in [-0.15, -0.1) is 0 Å². The minimum Gasteiger partial charge on any atom is -0.331 e. The van der Waals surface area contributed by atoms with E-state index in [0.717, 1.165) is 31.5 Å². The Balaban J connectivity index is 1.39. The Morgan fingerprint density at radius 2 is 2.09 bits per heavy atom. The molecule has 2 aliphatic heterocycles. The molecule has 118 valence electrons. The van der Waals surface area contributed by atoms with Crippen molar-refractivity contribution in [1.29, 1.82) is 0 Å². The van der Waals surface area contributed by atoms with E-state index in [1.807, 2.05) is 6.07 Å². The number of carbonyl (C=O) groups is 1. The Morgan fingerprint density at radius 3 is 2.96 bits per heavy atom. The molecular weight excluding hydrogens is 284 g/mol. The van der Waals surface area contributed by atoms with E-state index >= 15 is 0 Å². The maximum atomic E-state index is 12.7. The lowest BCUT2D eigenvalue weighted by Gasteiger charge is -2.34. The zero-order chi connectivity index (χ0) is 15.6. The summed E-state index contributed by atoms with van der Waals surface area (Å²) in [6.07, 6.45) is 10.7. The zero-order valence-corrected chi connectivity index (χ0v) is 13.2. The second-order valence-corrected chi connectivity index (χ2v) is 6.53. The van der Waals surface area contributed by atoms with Crippen LogP contribution in [0, 0.1) is 5.92 Å². The van der Waals surface area contributed by atoms with Crippen molar-refractivity contribution in [3.63, 3.8) is 0 Å². The van der Waals surface area contributed by atoms with Crippen LogP contribution in [0.15, 0.2) is 65.8 Å². The van der Waals surface area contributed by atoms with Gasteiger partial charge < -0.3 is 10.2 Å². The fourth-order valence-electron chi connectivity index (χ4n) is 3.89. The van der Waals surface area contributed by atoms with Crippen molar-refractivity contribution in [3.05, 3.63) is 71.3 Å². The summed E-state index contributed by atoms with van der Waals surface area (Å²) in [5.74, 6) is 0.736. The summed E-state index contributed by atoms with van der Waals surface area (Å²) in [5, 5.41) is 3.43. The summed E-state index contributed by atoms with van der Waals surface area (Å²) in [4.78, 5) is 14.7. The molecule has 3 nitrogen and oxygen atoms in total. The van der Waals surface area contributed by atoms with Gasteiger partial charge in [-0.3, -0.25) is 4.79 Å². The van der Waals surface area contributed by atoms with Crippen LogP contribution in [-0.2, 0) is 11.2 Å². The number of hydrogen-bond acceptors (Lipinski definition) is 2. The van der Waals surface area contributed by atoms with Crippen molar-refractivity contribution >= 4 is 5.91 Å². The van der Waals surface area contributed by atoms with Gasteiger partial charge in [0.05, 0.1) is 6.04 Å². The van der Waals surface area contributed by atoms with Gasteiger partial charge >= 0.3 is 0 Å². The summed E-state index contributed by atoms with van der Waals surface area (Å²) in [6.45, 7) is 2.43. The lowest BCUT2D eigenvalue weighted by Crippen LogP contribution is -2.44. The number of benzene rings is 1. The van der Waals surface area contributed by atoms with Gasteiger partial charge in [0, 0.05) is 24.6 Å². The number of hydrogen-bond donors (Lipinski definition) is 1. The van der Waals surface area contributed by atoms with Crippen molar-refractivity contribution in [1.82, 2.24) is 10.2 Å². The first-order chi connectivity index (χ1) is 11.3. The van der Waals surface area contributed by atoms with E-state index in [1.165, 1.54) is 11.1 Å². The first-order valence-electron chi connectivity index (χ1n) is 8.47. The highest BCUT2D eigenvalue weighted by atomic mass is 16.2. The first kappa shape index (κ1) is 14.5. The largest absolute Gasteiger partial charge is 0.331 e. The van der Waals surface area contributed by atoms with Gasteiger partial charge in [-0.1, -0.05) is 48.6 Å². The van der Waals surface area contributed by atoms with Gasteiger partial charge in [0.15, 0.2) is 0 Å². The molecule has 3 aliphatic rings. The average Bonchev–Trinajstić information content (AvgIpc) is 3.02. The van der Waals surface area contributed by atoms with Crippen LogP contribution in [0.4, 0.5) is 0 Å². The number of nitrogens with zero attached hydrogens (tertiary/aromatic N) is 1. The Bertz CT molecular complexity index is 687. The number of nitrogens with one attached hydrogen (secondary N) is 1. The van der Waals surface area contributed by atoms with E-state index in [9.17, 15) is 4.79 Å². The van der Waals surface area contributed by atoms with E-state index < -0.39 is 0 Å². The predicted molar refractivity (Wildman–Crippen MR) is 91.9 cm³/mol. The first-order valence-corrected chi connectivity index (χ1v) is 8.47. The van der Waals surface area contributed by atoms with Gasteiger partial charge in [-0.05, 0) is 36.6 Å². The molecule has 0 aromatic heterocycles. The Labute approximate surface area is 137 Å². The minimum atomic E-state index is 0.220. The Morgan fingerprint density at radius 1 is 1.22 bits per heavy atom. The molecule has 1 saturated heterocycles. The lowest BCUT2D eigenvalue weighted by molar-refractivity contribution is -0.128. The highest BCUT2D eigenvalue weighted by molar-refractivity contribution is 5.97. The van der Waals surface area contributed by atoms with Crippen LogP contribution in [0.1, 0.15) is 12.0 Å². The zero-order valence-electron chi connectivity index (χ0n) is 13.2. The molecule has 0 spiro atoms. The molecule has 23 heavy (non-hydrogen) atoms. The van der Waals surface area contributed by atoms with Crippen molar-refractivity contribution in [3.8, 4) is 0 Å². The second kappa shape index (κ2) is 6.17. The van der Waals surface area contributed by atoms with Gasteiger partial charge in [-0.25, -0.2) is 0 Å². The van der Waals surface area contributed by atoms with Crippen LogP contribution in [-0.4, -0.2) is 36.5 Å². The third-order valence-corrected chi connectivity index (χ3v) is 5.06. The summed E-state index contributed by atoms with van der Waals surface area (Å²) >= 11 is 0. The maximum absolute atomic E-state index is 12.7. The van der Waals surface area contributed by atoms with Gasteiger partial charge in [-0.2, -0.15) is 0 Å². The third-order valence-electron chi connectivity index (χ3n) is 5.06. The van der Waals surface area contributed by atoms with Crippen LogP contribution in [0.3, 0.4) is 0 Å². The highest BCUT2D eigenvalue weighted by Crippen LogP contribution is 2.37. The topological polar surface area (TPSA) is 32.3 Å². The average molecular weight is 306 g/mol. The summed E-state index contributed by atoms with van der Waals surface area (Å²) in [7, 11) is 0. The molecule has 2 heterocycles. The summed E-state index contributed by atoms with van der Waals surface area (Å²) in [6, 6.07) is 10.7. The fourth-order valence-corrected chi connectivity index (χ4v) is 3.89. The van der Waals surface area contributed by atoms with Crippen molar-refractivity contribution in [2.45, 2.75) is 18.9 Å². The maximum Gasteiger partial charge on any atom is 0.251 e. The number of amides is 1. The normalized spacial score (nSPS) is 25.2. The molecule has 1 fully saturated rings. The number of allylic oxidation sites excluding steroid dienone is 2. The van der Waals surface area contributed by atoms with Crippen molar-refractivity contribution in [2.24, 2.45) is 5.92 Å². The van der Waals surface area contributed by atoms with Crippen LogP contribution < -0.4 is 5.32 Å². The van der Waals surface area contributed by atoms with E-state index in [4.69, 9.17) is 0 Å². The van der Waals surface area contributed by atoms with Crippen LogP contribution in [0.25, 0.3) is 0 Å². The third kappa shape index (κ3) is 2.77. The smallest absolute Gasteiger partial charge is 0.251 e. The van der Waals surface area contributed by atoms with E-state index in [1.54, 1.807) is 0 Å². The van der Waals surface area contributed by atoms with E-state index in [0.29, 0.717) is 18.5 Å². The van der Waals surface area contributed by atoms with Crippen LogP contribution >= 0.6 is 0 Å². The number of rotatable bonds is 5. The van der Waals surface area contributed by atoms with Gasteiger partial charge in [0.2, 0.25) is 0 Å². The van der Waals surface area contributed by atoms with E-state index in [2.05, 4.69) is 58.8 Å². The summed E-state index contributed by atoms with van der Waals surface area (Å²) in [5.41, 5.74) is 3.53.